The minimum absolute atomic E-state index is 0.138. The number of hydrogen-bond acceptors (Lipinski definition) is 4. The third kappa shape index (κ3) is 3.64. The third-order valence-corrected chi connectivity index (χ3v) is 3.86. The van der Waals surface area contributed by atoms with Crippen LogP contribution in [0, 0.1) is 6.92 Å². The van der Waals surface area contributed by atoms with Crippen LogP contribution in [-0.4, -0.2) is 41.3 Å². The first-order valence-electron chi connectivity index (χ1n) is 7.99. The summed E-state index contributed by atoms with van der Waals surface area (Å²) in [6.45, 7) is 4.59. The van der Waals surface area contributed by atoms with Gasteiger partial charge in [-0.15, -0.1) is 0 Å². The zero-order valence-electron chi connectivity index (χ0n) is 14.6. The molecule has 1 heterocycles. The Morgan fingerprint density at radius 2 is 2.04 bits per heavy atom. The van der Waals surface area contributed by atoms with E-state index in [1.165, 1.54) is 17.9 Å². The molecule has 128 valence electrons. The van der Waals surface area contributed by atoms with E-state index in [1.807, 2.05) is 25.1 Å². The maximum atomic E-state index is 12.7. The number of carbonyl (C=O) groups is 1. The lowest BCUT2D eigenvalue weighted by molar-refractivity contribution is 0.0781. The van der Waals surface area contributed by atoms with Gasteiger partial charge < -0.3 is 9.64 Å². The number of para-hydroxylation sites is 1. The minimum Gasteiger partial charge on any atom is -0.494 e. The number of hydrogen-bond donors (Lipinski definition) is 0. The van der Waals surface area contributed by atoms with Crippen molar-refractivity contribution in [1.29, 1.82) is 0 Å². The van der Waals surface area contributed by atoms with Crippen LogP contribution in [0.5, 0.6) is 5.75 Å². The molecular formula is C18H23N3O3. The van der Waals surface area contributed by atoms with Crippen LogP contribution in [0.3, 0.4) is 0 Å². The van der Waals surface area contributed by atoms with Crippen LogP contribution in [0.25, 0.3) is 5.69 Å². The van der Waals surface area contributed by atoms with Gasteiger partial charge in [0.15, 0.2) is 11.4 Å². The molecule has 0 saturated carbocycles. The molecule has 1 aromatic heterocycles. The summed E-state index contributed by atoms with van der Waals surface area (Å²) in [6.07, 6.45) is 1.90. The van der Waals surface area contributed by atoms with Crippen LogP contribution >= 0.6 is 0 Å². The van der Waals surface area contributed by atoms with Crippen molar-refractivity contribution in [2.75, 3.05) is 20.7 Å². The Kier molecular flexibility index (Phi) is 5.73. The van der Waals surface area contributed by atoms with E-state index in [4.69, 9.17) is 4.74 Å². The molecule has 6 heteroatoms. The monoisotopic (exact) mass is 329 g/mol. The van der Waals surface area contributed by atoms with E-state index in [0.29, 0.717) is 12.2 Å². The predicted octanol–water partition coefficient (Wildman–Crippen LogP) is 2.42. The lowest BCUT2D eigenvalue weighted by atomic mass is 10.2. The van der Waals surface area contributed by atoms with Gasteiger partial charge in [-0.05, 0) is 25.0 Å². The number of rotatable bonds is 6. The number of amides is 1. The lowest BCUT2D eigenvalue weighted by Gasteiger charge is -2.18. The van der Waals surface area contributed by atoms with Crippen molar-refractivity contribution in [1.82, 2.24) is 14.7 Å². The van der Waals surface area contributed by atoms with Gasteiger partial charge in [0, 0.05) is 13.6 Å². The number of nitrogens with zero attached hydrogens (tertiary/aromatic N) is 3. The Hall–Kier alpha value is -2.63. The molecule has 1 aromatic carbocycles. The molecule has 0 atom stereocenters. The van der Waals surface area contributed by atoms with Crippen molar-refractivity contribution < 1.29 is 9.53 Å². The maximum Gasteiger partial charge on any atom is 0.277 e. The smallest absolute Gasteiger partial charge is 0.277 e. The van der Waals surface area contributed by atoms with E-state index in [2.05, 4.69) is 12.0 Å². The zero-order chi connectivity index (χ0) is 17.7. The van der Waals surface area contributed by atoms with E-state index >= 15 is 0 Å². The molecule has 1 amide bonds. The molecule has 0 aliphatic carbocycles. The second kappa shape index (κ2) is 7.77. The molecule has 2 aromatic rings. The Labute approximate surface area is 141 Å². The number of aryl methyl sites for hydroxylation is 1. The molecule has 0 radical (unpaired) electrons. The molecular weight excluding hydrogens is 306 g/mol. The molecule has 0 N–H and O–H groups in total. The highest BCUT2D eigenvalue weighted by molar-refractivity contribution is 5.94. The first kappa shape index (κ1) is 17.7. The van der Waals surface area contributed by atoms with Gasteiger partial charge in [0.1, 0.15) is 0 Å². The fourth-order valence-corrected chi connectivity index (χ4v) is 2.40. The molecule has 0 aliphatic heterocycles. The second-order valence-electron chi connectivity index (χ2n) is 5.68. The number of carbonyl (C=O) groups excluding carboxylic acids is 1. The van der Waals surface area contributed by atoms with Crippen molar-refractivity contribution in [3.05, 3.63) is 51.9 Å². The van der Waals surface area contributed by atoms with E-state index < -0.39 is 0 Å². The summed E-state index contributed by atoms with van der Waals surface area (Å²) in [6, 6.07) is 8.71. The third-order valence-electron chi connectivity index (χ3n) is 3.86. The Morgan fingerprint density at radius 3 is 2.67 bits per heavy atom. The van der Waals surface area contributed by atoms with Crippen LogP contribution in [0.15, 0.2) is 35.1 Å². The second-order valence-corrected chi connectivity index (χ2v) is 5.68. The molecule has 0 spiro atoms. The van der Waals surface area contributed by atoms with Crippen molar-refractivity contribution in [2.45, 2.75) is 26.7 Å². The van der Waals surface area contributed by atoms with Gasteiger partial charge in [0.25, 0.3) is 11.5 Å². The molecule has 0 fully saturated rings. The number of benzene rings is 1. The van der Waals surface area contributed by atoms with Gasteiger partial charge in [-0.1, -0.05) is 31.5 Å². The van der Waals surface area contributed by atoms with Crippen molar-refractivity contribution in [2.24, 2.45) is 0 Å². The van der Waals surface area contributed by atoms with Crippen LogP contribution in [0.4, 0.5) is 0 Å². The minimum atomic E-state index is -0.339. The summed E-state index contributed by atoms with van der Waals surface area (Å²) < 4.78 is 6.45. The number of aromatic nitrogens is 2. The standard InChI is InChI=1S/C18H23N3O3/c1-5-6-11-20(3)18(23)17-15(24-4)12-16(22)21(19-17)14-10-8-7-9-13(14)2/h7-10,12H,5-6,11H2,1-4H3. The quantitative estimate of drug-likeness (QED) is 0.816. The summed E-state index contributed by atoms with van der Waals surface area (Å²) >= 11 is 0. The highest BCUT2D eigenvalue weighted by Crippen LogP contribution is 2.17. The number of unbranched alkanes of at least 4 members (excludes halogenated alkanes) is 1. The van der Waals surface area contributed by atoms with Crippen LogP contribution in [0.2, 0.25) is 0 Å². The van der Waals surface area contributed by atoms with E-state index in [1.54, 1.807) is 18.0 Å². The maximum absolute atomic E-state index is 12.7. The average Bonchev–Trinajstić information content (AvgIpc) is 2.59. The van der Waals surface area contributed by atoms with E-state index in [9.17, 15) is 9.59 Å². The van der Waals surface area contributed by atoms with E-state index in [-0.39, 0.29) is 22.9 Å². The Balaban J connectivity index is 2.52. The lowest BCUT2D eigenvalue weighted by Crippen LogP contribution is -2.32. The molecule has 0 unspecified atom stereocenters. The summed E-state index contributed by atoms with van der Waals surface area (Å²) in [4.78, 5) is 26.6. The normalized spacial score (nSPS) is 10.5. The van der Waals surface area contributed by atoms with Crippen LogP contribution in [-0.2, 0) is 0 Å². The van der Waals surface area contributed by atoms with Gasteiger partial charge in [-0.2, -0.15) is 9.78 Å². The van der Waals surface area contributed by atoms with Crippen molar-refractivity contribution in [3.63, 3.8) is 0 Å². The highest BCUT2D eigenvalue weighted by Gasteiger charge is 2.21. The first-order valence-corrected chi connectivity index (χ1v) is 7.99. The SMILES string of the molecule is CCCCN(C)C(=O)c1nn(-c2ccccc2C)c(=O)cc1OC. The van der Waals surface area contributed by atoms with Gasteiger partial charge in [-0.3, -0.25) is 9.59 Å². The van der Waals surface area contributed by atoms with Gasteiger partial charge >= 0.3 is 0 Å². The Bertz CT molecular complexity index is 783. The average molecular weight is 329 g/mol. The summed E-state index contributed by atoms with van der Waals surface area (Å²) in [5.41, 5.74) is 1.35. The summed E-state index contributed by atoms with van der Waals surface area (Å²) in [5.74, 6) is -0.0687. The van der Waals surface area contributed by atoms with Gasteiger partial charge in [0.2, 0.25) is 0 Å². The van der Waals surface area contributed by atoms with Gasteiger partial charge in [0.05, 0.1) is 18.9 Å². The number of methoxy groups -OCH3 is 1. The van der Waals surface area contributed by atoms with Crippen LogP contribution < -0.4 is 10.3 Å². The molecule has 0 aliphatic rings. The zero-order valence-corrected chi connectivity index (χ0v) is 14.6. The molecule has 24 heavy (non-hydrogen) atoms. The topological polar surface area (TPSA) is 64.4 Å². The van der Waals surface area contributed by atoms with Crippen molar-refractivity contribution >= 4 is 5.91 Å². The summed E-state index contributed by atoms with van der Waals surface area (Å²) in [7, 11) is 3.15. The van der Waals surface area contributed by atoms with Crippen molar-refractivity contribution in [3.8, 4) is 11.4 Å². The van der Waals surface area contributed by atoms with Gasteiger partial charge in [-0.25, -0.2) is 0 Å². The van der Waals surface area contributed by atoms with Crippen LogP contribution in [0.1, 0.15) is 35.8 Å². The molecule has 2 rings (SSSR count). The first-order chi connectivity index (χ1) is 11.5. The largest absolute Gasteiger partial charge is 0.494 e. The molecule has 0 saturated heterocycles. The predicted molar refractivity (Wildman–Crippen MR) is 93.0 cm³/mol. The number of ether oxygens (including phenoxy) is 1. The molecule has 0 bridgehead atoms. The highest BCUT2D eigenvalue weighted by atomic mass is 16.5. The Morgan fingerprint density at radius 1 is 1.33 bits per heavy atom. The summed E-state index contributed by atoms with van der Waals surface area (Å²) in [5, 5.41) is 4.29. The fourth-order valence-electron chi connectivity index (χ4n) is 2.40. The van der Waals surface area contributed by atoms with E-state index in [0.717, 1.165) is 18.4 Å². The molecule has 6 nitrogen and oxygen atoms in total. The fraction of sp³-hybridized carbons (Fsp3) is 0.389.